The fourth-order valence-corrected chi connectivity index (χ4v) is 4.51. The van der Waals surface area contributed by atoms with E-state index in [1.54, 1.807) is 5.57 Å². The molecule has 2 N–H and O–H groups in total. The second kappa shape index (κ2) is 10.5. The van der Waals surface area contributed by atoms with Crippen molar-refractivity contribution in [3.05, 3.63) is 23.8 Å². The van der Waals surface area contributed by atoms with Crippen LogP contribution in [0.3, 0.4) is 0 Å². The van der Waals surface area contributed by atoms with Gasteiger partial charge >= 0.3 is 0 Å². The van der Waals surface area contributed by atoms with Gasteiger partial charge in [0, 0.05) is 5.92 Å². The van der Waals surface area contributed by atoms with Crippen molar-refractivity contribution in [1.29, 1.82) is 0 Å². The van der Waals surface area contributed by atoms with E-state index in [1.807, 2.05) is 6.08 Å². The highest BCUT2D eigenvalue weighted by Gasteiger charge is 2.43. The summed E-state index contributed by atoms with van der Waals surface area (Å²) in [6.07, 6.45) is 16.1. The Morgan fingerprint density at radius 3 is 2.76 bits per heavy atom. The number of hydrogen-bond donors (Lipinski definition) is 2. The molecule has 3 heteroatoms. The van der Waals surface area contributed by atoms with Crippen LogP contribution in [0.1, 0.15) is 64.7 Å². The summed E-state index contributed by atoms with van der Waals surface area (Å²) in [5, 5.41) is 20.4. The number of fused-ring (bicyclic) bond motifs is 1. The molecule has 25 heavy (non-hydrogen) atoms. The lowest BCUT2D eigenvalue weighted by Crippen LogP contribution is -2.18. The molecule has 0 saturated heterocycles. The highest BCUT2D eigenvalue weighted by Crippen LogP contribution is 2.48. The molecule has 0 spiro atoms. The third-order valence-electron chi connectivity index (χ3n) is 5.96. The normalized spacial score (nSPS) is 30.2. The molecule has 0 aliphatic heterocycles. The molecular formula is C22H39NO2. The number of aliphatic hydroxyl groups excluding tert-OH is 2. The number of nitrogens with zero attached hydrogens (tertiary/aromatic N) is 1. The third-order valence-corrected chi connectivity index (χ3v) is 5.96. The van der Waals surface area contributed by atoms with Crippen molar-refractivity contribution in [2.75, 3.05) is 20.6 Å². The predicted octanol–water partition coefficient (Wildman–Crippen LogP) is 4.16. The molecule has 0 unspecified atom stereocenters. The molecule has 2 aliphatic rings. The second-order valence-electron chi connectivity index (χ2n) is 8.45. The van der Waals surface area contributed by atoms with Crippen LogP contribution in [-0.4, -0.2) is 48.0 Å². The topological polar surface area (TPSA) is 43.7 Å². The van der Waals surface area contributed by atoms with Gasteiger partial charge in [-0.05, 0) is 71.0 Å². The number of hydrogen-bond acceptors (Lipinski definition) is 3. The molecule has 144 valence electrons. The molecule has 0 bridgehead atoms. The highest BCUT2D eigenvalue weighted by atomic mass is 16.3. The van der Waals surface area contributed by atoms with Crippen LogP contribution < -0.4 is 0 Å². The third kappa shape index (κ3) is 6.54. The SMILES string of the molecule is CCCC[C@H](O)C=C[C@@H]1[C@H]2CC(CCCCCN(C)C)=C[C@H]2C[C@H]1O. The summed E-state index contributed by atoms with van der Waals surface area (Å²) in [6, 6.07) is 0. The molecule has 0 heterocycles. The molecular weight excluding hydrogens is 310 g/mol. The summed E-state index contributed by atoms with van der Waals surface area (Å²) in [5.41, 5.74) is 1.61. The van der Waals surface area contributed by atoms with Gasteiger partial charge in [-0.1, -0.05) is 50.0 Å². The Labute approximate surface area is 154 Å². The maximum absolute atomic E-state index is 10.4. The van der Waals surface area contributed by atoms with Crippen molar-refractivity contribution >= 4 is 0 Å². The molecule has 5 atom stereocenters. The Hall–Kier alpha value is -0.640. The van der Waals surface area contributed by atoms with Crippen molar-refractivity contribution in [3.63, 3.8) is 0 Å². The lowest BCUT2D eigenvalue weighted by atomic mass is 9.88. The van der Waals surface area contributed by atoms with Crippen molar-refractivity contribution in [2.24, 2.45) is 17.8 Å². The summed E-state index contributed by atoms with van der Waals surface area (Å²) >= 11 is 0. The first-order valence-corrected chi connectivity index (χ1v) is 10.4. The summed E-state index contributed by atoms with van der Waals surface area (Å²) in [4.78, 5) is 2.26. The van der Waals surface area contributed by atoms with E-state index in [0.717, 1.165) is 32.1 Å². The van der Waals surface area contributed by atoms with E-state index in [9.17, 15) is 10.2 Å². The summed E-state index contributed by atoms with van der Waals surface area (Å²) in [5.74, 6) is 1.33. The van der Waals surface area contributed by atoms with Crippen molar-refractivity contribution in [3.8, 4) is 0 Å². The second-order valence-corrected chi connectivity index (χ2v) is 8.45. The van der Waals surface area contributed by atoms with E-state index in [0.29, 0.717) is 11.8 Å². The molecule has 0 radical (unpaired) electrons. The van der Waals surface area contributed by atoms with Crippen molar-refractivity contribution in [1.82, 2.24) is 4.90 Å². The summed E-state index contributed by atoms with van der Waals surface area (Å²) in [7, 11) is 4.28. The van der Waals surface area contributed by atoms with E-state index >= 15 is 0 Å². The average Bonchev–Trinajstić information content (AvgIpc) is 3.07. The minimum absolute atomic E-state index is 0.226. The van der Waals surface area contributed by atoms with Crippen LogP contribution >= 0.6 is 0 Å². The van der Waals surface area contributed by atoms with Gasteiger partial charge in [0.15, 0.2) is 0 Å². The van der Waals surface area contributed by atoms with Gasteiger partial charge in [0.25, 0.3) is 0 Å². The zero-order valence-corrected chi connectivity index (χ0v) is 16.5. The monoisotopic (exact) mass is 349 g/mol. The Kier molecular flexibility index (Phi) is 8.68. The van der Waals surface area contributed by atoms with Crippen LogP contribution in [0.25, 0.3) is 0 Å². The number of rotatable bonds is 11. The first-order chi connectivity index (χ1) is 12.0. The van der Waals surface area contributed by atoms with Crippen LogP contribution in [-0.2, 0) is 0 Å². The zero-order chi connectivity index (χ0) is 18.2. The van der Waals surface area contributed by atoms with Gasteiger partial charge in [0.2, 0.25) is 0 Å². The maximum Gasteiger partial charge on any atom is 0.0721 e. The minimum Gasteiger partial charge on any atom is -0.392 e. The molecule has 2 aliphatic carbocycles. The minimum atomic E-state index is -0.350. The first-order valence-electron chi connectivity index (χ1n) is 10.4. The average molecular weight is 350 g/mol. The van der Waals surface area contributed by atoms with Gasteiger partial charge in [-0.25, -0.2) is 0 Å². The quantitative estimate of drug-likeness (QED) is 0.435. The molecule has 2 rings (SSSR count). The van der Waals surface area contributed by atoms with Gasteiger partial charge in [-0.2, -0.15) is 0 Å². The van der Waals surface area contributed by atoms with Crippen LogP contribution in [0.2, 0.25) is 0 Å². The van der Waals surface area contributed by atoms with E-state index in [2.05, 4.69) is 38.1 Å². The molecule has 1 fully saturated rings. The lowest BCUT2D eigenvalue weighted by molar-refractivity contribution is 0.139. The molecule has 0 aromatic rings. The van der Waals surface area contributed by atoms with Crippen molar-refractivity contribution < 1.29 is 10.2 Å². The van der Waals surface area contributed by atoms with E-state index < -0.39 is 0 Å². The fourth-order valence-electron chi connectivity index (χ4n) is 4.51. The van der Waals surface area contributed by atoms with E-state index in [1.165, 1.54) is 32.2 Å². The number of allylic oxidation sites excluding steroid dienone is 2. The lowest BCUT2D eigenvalue weighted by Gasteiger charge is -2.19. The van der Waals surface area contributed by atoms with E-state index in [4.69, 9.17) is 0 Å². The largest absolute Gasteiger partial charge is 0.392 e. The van der Waals surface area contributed by atoms with Crippen LogP contribution in [0.5, 0.6) is 0 Å². The van der Waals surface area contributed by atoms with Gasteiger partial charge < -0.3 is 15.1 Å². The summed E-state index contributed by atoms with van der Waals surface area (Å²) in [6.45, 7) is 3.33. The number of aliphatic hydroxyl groups is 2. The Morgan fingerprint density at radius 2 is 2.04 bits per heavy atom. The first kappa shape index (κ1) is 20.7. The molecule has 3 nitrogen and oxygen atoms in total. The Morgan fingerprint density at radius 1 is 1.24 bits per heavy atom. The molecule has 0 aromatic heterocycles. The standard InChI is InChI=1S/C22H39NO2/c1-4-5-10-19(24)11-12-20-21-15-17(14-18(21)16-22(20)25)9-7-6-8-13-23(2)3/h11-12,14,18-22,24-25H,4-10,13,15-16H2,1-3H3/t18-,19-,20+,21-,22+/m0/s1. The molecule has 0 amide bonds. The van der Waals surface area contributed by atoms with Crippen LogP contribution in [0.15, 0.2) is 23.8 Å². The Bertz CT molecular complexity index is 443. The zero-order valence-electron chi connectivity index (χ0n) is 16.5. The van der Waals surface area contributed by atoms with Crippen LogP contribution in [0, 0.1) is 17.8 Å². The summed E-state index contributed by atoms with van der Waals surface area (Å²) < 4.78 is 0. The van der Waals surface area contributed by atoms with Gasteiger partial charge in [-0.15, -0.1) is 0 Å². The van der Waals surface area contributed by atoms with Gasteiger partial charge in [-0.3, -0.25) is 0 Å². The van der Waals surface area contributed by atoms with Crippen LogP contribution in [0.4, 0.5) is 0 Å². The number of unbranched alkanes of at least 4 members (excludes halogenated alkanes) is 3. The van der Waals surface area contributed by atoms with Gasteiger partial charge in [0.05, 0.1) is 12.2 Å². The Balaban J connectivity index is 1.76. The van der Waals surface area contributed by atoms with Crippen molar-refractivity contribution in [2.45, 2.75) is 76.9 Å². The fraction of sp³-hybridized carbons (Fsp3) is 0.818. The van der Waals surface area contributed by atoms with E-state index in [-0.39, 0.29) is 18.1 Å². The molecule has 1 saturated carbocycles. The predicted molar refractivity (Wildman–Crippen MR) is 105 cm³/mol. The maximum atomic E-state index is 10.4. The molecule has 0 aromatic carbocycles. The van der Waals surface area contributed by atoms with Gasteiger partial charge in [0.1, 0.15) is 0 Å². The smallest absolute Gasteiger partial charge is 0.0721 e. The highest BCUT2D eigenvalue weighted by molar-refractivity contribution is 5.20.